The van der Waals surface area contributed by atoms with Gasteiger partial charge in [-0.05, 0) is 62.2 Å². The fraction of sp³-hybridized carbons (Fsp3) is 0.192. The Morgan fingerprint density at radius 1 is 1.06 bits per heavy atom. The van der Waals surface area contributed by atoms with Crippen LogP contribution in [0.1, 0.15) is 18.1 Å². The average molecular weight is 493 g/mol. The van der Waals surface area contributed by atoms with E-state index in [-0.39, 0.29) is 11.7 Å². The number of aromatic nitrogens is 3. The molecule has 4 rings (SSSR count). The third kappa shape index (κ3) is 5.26. The molecule has 1 heterocycles. The SMILES string of the molecule is CCOc1ccccc1NC(=O)CSc1nnc(-c2ccccc2Cl)n1-c1cc(C)ccc1C. The average Bonchev–Trinajstić information content (AvgIpc) is 3.24. The minimum atomic E-state index is -0.160. The molecule has 0 atom stereocenters. The molecule has 0 saturated carbocycles. The number of ether oxygens (including phenoxy) is 1. The van der Waals surface area contributed by atoms with Gasteiger partial charge in [-0.15, -0.1) is 10.2 Å². The van der Waals surface area contributed by atoms with Crippen molar-refractivity contribution in [2.45, 2.75) is 25.9 Å². The van der Waals surface area contributed by atoms with Crippen LogP contribution in [0.5, 0.6) is 5.75 Å². The van der Waals surface area contributed by atoms with Crippen LogP contribution in [-0.4, -0.2) is 33.0 Å². The number of nitrogens with one attached hydrogen (secondary N) is 1. The molecular weight excluding hydrogens is 468 g/mol. The van der Waals surface area contributed by atoms with Crippen LogP contribution in [0.25, 0.3) is 17.1 Å². The molecule has 174 valence electrons. The van der Waals surface area contributed by atoms with Gasteiger partial charge in [0.15, 0.2) is 11.0 Å². The minimum Gasteiger partial charge on any atom is -0.492 e. The number of rotatable bonds is 8. The molecular formula is C26H25ClN4O2S. The van der Waals surface area contributed by atoms with E-state index in [1.165, 1.54) is 11.8 Å². The first-order chi connectivity index (χ1) is 16.5. The molecule has 4 aromatic rings. The second-order valence-corrected chi connectivity index (χ2v) is 9.03. The molecule has 1 N–H and O–H groups in total. The van der Waals surface area contributed by atoms with E-state index in [4.69, 9.17) is 16.3 Å². The van der Waals surface area contributed by atoms with E-state index < -0.39 is 0 Å². The van der Waals surface area contributed by atoms with E-state index in [1.54, 1.807) is 0 Å². The lowest BCUT2D eigenvalue weighted by Crippen LogP contribution is -2.15. The lowest BCUT2D eigenvalue weighted by Gasteiger charge is -2.14. The van der Waals surface area contributed by atoms with Crippen molar-refractivity contribution in [1.29, 1.82) is 0 Å². The van der Waals surface area contributed by atoms with E-state index in [1.807, 2.05) is 73.9 Å². The normalized spacial score (nSPS) is 10.8. The summed E-state index contributed by atoms with van der Waals surface area (Å²) in [4.78, 5) is 12.8. The summed E-state index contributed by atoms with van der Waals surface area (Å²) in [5, 5.41) is 13.0. The predicted molar refractivity (Wildman–Crippen MR) is 138 cm³/mol. The third-order valence-corrected chi connectivity index (χ3v) is 6.41. The number of benzene rings is 3. The number of aryl methyl sites for hydroxylation is 2. The fourth-order valence-electron chi connectivity index (χ4n) is 3.53. The molecule has 0 spiro atoms. The number of hydrogen-bond acceptors (Lipinski definition) is 5. The molecule has 0 fully saturated rings. The standard InChI is InChI=1S/C26H25ClN4O2S/c1-4-33-23-12-8-7-11-21(23)28-24(32)16-34-26-30-29-25(19-9-5-6-10-20(19)27)31(26)22-15-17(2)13-14-18(22)3/h5-15H,4,16H2,1-3H3,(H,28,32). The number of thioether (sulfide) groups is 1. The number of hydrogen-bond donors (Lipinski definition) is 1. The molecule has 0 aliphatic carbocycles. The summed E-state index contributed by atoms with van der Waals surface area (Å²) in [5.74, 6) is 1.27. The smallest absolute Gasteiger partial charge is 0.234 e. The molecule has 8 heteroatoms. The quantitative estimate of drug-likeness (QED) is 0.291. The zero-order chi connectivity index (χ0) is 24.1. The van der Waals surface area contributed by atoms with Gasteiger partial charge in [0.05, 0.1) is 28.8 Å². The zero-order valence-corrected chi connectivity index (χ0v) is 20.8. The maximum absolute atomic E-state index is 12.8. The Hall–Kier alpha value is -3.29. The third-order valence-electron chi connectivity index (χ3n) is 5.15. The van der Waals surface area contributed by atoms with Gasteiger partial charge in [-0.2, -0.15) is 0 Å². The molecule has 1 amide bonds. The molecule has 0 saturated heterocycles. The highest BCUT2D eigenvalue weighted by atomic mass is 35.5. The van der Waals surface area contributed by atoms with Crippen LogP contribution in [0.3, 0.4) is 0 Å². The molecule has 0 aliphatic rings. The second-order valence-electron chi connectivity index (χ2n) is 7.68. The topological polar surface area (TPSA) is 69.0 Å². The molecule has 0 aliphatic heterocycles. The Labute approximate surface area is 208 Å². The van der Waals surface area contributed by atoms with Gasteiger partial charge in [-0.25, -0.2) is 0 Å². The second kappa shape index (κ2) is 10.8. The van der Waals surface area contributed by atoms with Crippen molar-refractivity contribution in [1.82, 2.24) is 14.8 Å². The summed E-state index contributed by atoms with van der Waals surface area (Å²) in [5.41, 5.74) is 4.54. The summed E-state index contributed by atoms with van der Waals surface area (Å²) >= 11 is 7.81. The van der Waals surface area contributed by atoms with Gasteiger partial charge >= 0.3 is 0 Å². The molecule has 6 nitrogen and oxygen atoms in total. The van der Waals surface area contributed by atoms with E-state index in [9.17, 15) is 4.79 Å². The van der Waals surface area contributed by atoms with Gasteiger partial charge < -0.3 is 10.1 Å². The molecule has 0 unspecified atom stereocenters. The van der Waals surface area contributed by atoms with Gasteiger partial charge in [-0.1, -0.05) is 59.8 Å². The lowest BCUT2D eigenvalue weighted by molar-refractivity contribution is -0.113. The van der Waals surface area contributed by atoms with Gasteiger partial charge in [0.2, 0.25) is 5.91 Å². The number of nitrogens with zero attached hydrogens (tertiary/aromatic N) is 3. The van der Waals surface area contributed by atoms with E-state index >= 15 is 0 Å². The molecule has 3 aromatic carbocycles. The Morgan fingerprint density at radius 3 is 2.62 bits per heavy atom. The molecule has 1 aromatic heterocycles. The van der Waals surface area contributed by atoms with E-state index in [0.29, 0.717) is 34.0 Å². The van der Waals surface area contributed by atoms with Crippen molar-refractivity contribution < 1.29 is 9.53 Å². The van der Waals surface area contributed by atoms with Crippen LogP contribution in [-0.2, 0) is 4.79 Å². The van der Waals surface area contributed by atoms with Crippen molar-refractivity contribution in [2.75, 3.05) is 17.7 Å². The number of carbonyl (C=O) groups excluding carboxylic acids is 1. The van der Waals surface area contributed by atoms with Crippen LogP contribution in [0.4, 0.5) is 5.69 Å². The largest absolute Gasteiger partial charge is 0.492 e. The lowest BCUT2D eigenvalue weighted by atomic mass is 10.1. The summed E-state index contributed by atoms with van der Waals surface area (Å²) in [7, 11) is 0. The predicted octanol–water partition coefficient (Wildman–Crippen LogP) is 6.33. The van der Waals surface area contributed by atoms with Gasteiger partial charge in [0.25, 0.3) is 0 Å². The highest BCUT2D eigenvalue weighted by Gasteiger charge is 2.20. The van der Waals surface area contributed by atoms with Crippen LogP contribution in [0.2, 0.25) is 5.02 Å². The van der Waals surface area contributed by atoms with Crippen LogP contribution in [0, 0.1) is 13.8 Å². The number of para-hydroxylation sites is 2. The number of amides is 1. The molecule has 34 heavy (non-hydrogen) atoms. The maximum Gasteiger partial charge on any atom is 0.234 e. The number of halogens is 1. The summed E-state index contributed by atoms with van der Waals surface area (Å²) < 4.78 is 7.57. The number of anilines is 1. The Bertz CT molecular complexity index is 1320. The molecule has 0 bridgehead atoms. The highest BCUT2D eigenvalue weighted by Crippen LogP contribution is 2.33. The maximum atomic E-state index is 12.8. The first-order valence-corrected chi connectivity index (χ1v) is 12.3. The van der Waals surface area contributed by atoms with Crippen LogP contribution >= 0.6 is 23.4 Å². The van der Waals surface area contributed by atoms with Crippen molar-refractivity contribution in [3.8, 4) is 22.8 Å². The summed E-state index contributed by atoms with van der Waals surface area (Å²) in [6.07, 6.45) is 0. The van der Waals surface area contributed by atoms with Gasteiger partial charge in [-0.3, -0.25) is 9.36 Å². The van der Waals surface area contributed by atoms with Crippen LogP contribution < -0.4 is 10.1 Å². The Kier molecular flexibility index (Phi) is 7.55. The summed E-state index contributed by atoms with van der Waals surface area (Å²) in [6.45, 7) is 6.51. The Balaban J connectivity index is 1.64. The highest BCUT2D eigenvalue weighted by molar-refractivity contribution is 7.99. The van der Waals surface area contributed by atoms with Crippen molar-refractivity contribution in [3.05, 3.63) is 82.9 Å². The van der Waals surface area contributed by atoms with Crippen LogP contribution in [0.15, 0.2) is 71.9 Å². The van der Waals surface area contributed by atoms with Gasteiger partial charge in [0, 0.05) is 5.56 Å². The zero-order valence-electron chi connectivity index (χ0n) is 19.2. The van der Waals surface area contributed by atoms with E-state index in [2.05, 4.69) is 33.7 Å². The Morgan fingerprint density at radius 2 is 1.82 bits per heavy atom. The van der Waals surface area contributed by atoms with Gasteiger partial charge in [0.1, 0.15) is 5.75 Å². The van der Waals surface area contributed by atoms with Crippen molar-refractivity contribution in [2.24, 2.45) is 0 Å². The number of carbonyl (C=O) groups is 1. The van der Waals surface area contributed by atoms with Crippen molar-refractivity contribution >= 4 is 35.0 Å². The molecule has 0 radical (unpaired) electrons. The summed E-state index contributed by atoms with van der Waals surface area (Å²) in [6, 6.07) is 21.1. The van der Waals surface area contributed by atoms with Crippen molar-refractivity contribution in [3.63, 3.8) is 0 Å². The minimum absolute atomic E-state index is 0.159. The first-order valence-electron chi connectivity index (χ1n) is 10.9. The monoisotopic (exact) mass is 492 g/mol. The first kappa shape index (κ1) is 23.9. The van der Waals surface area contributed by atoms with E-state index in [0.717, 1.165) is 22.4 Å². The fourth-order valence-corrected chi connectivity index (χ4v) is 4.49.